The van der Waals surface area contributed by atoms with Crippen LogP contribution in [0.5, 0.6) is 0 Å². The molecule has 0 unspecified atom stereocenters. The SMILES string of the molecule is Cc1ncc(C)c(-c2ccc(Cl)c(Cl)c2)n1. The molecule has 0 fully saturated rings. The van der Waals surface area contributed by atoms with Gasteiger partial charge in [-0.15, -0.1) is 0 Å². The quantitative estimate of drug-likeness (QED) is 0.765. The molecule has 2 aromatic rings. The van der Waals surface area contributed by atoms with E-state index in [0.29, 0.717) is 10.0 Å². The zero-order valence-corrected chi connectivity index (χ0v) is 10.5. The molecule has 16 heavy (non-hydrogen) atoms. The summed E-state index contributed by atoms with van der Waals surface area (Å²) < 4.78 is 0. The van der Waals surface area contributed by atoms with Gasteiger partial charge in [-0.1, -0.05) is 29.3 Å². The van der Waals surface area contributed by atoms with E-state index in [1.807, 2.05) is 26.0 Å². The third-order valence-electron chi connectivity index (χ3n) is 2.29. The summed E-state index contributed by atoms with van der Waals surface area (Å²) in [5, 5.41) is 1.09. The molecule has 4 heteroatoms. The number of benzene rings is 1. The van der Waals surface area contributed by atoms with Crippen molar-refractivity contribution in [2.45, 2.75) is 13.8 Å². The van der Waals surface area contributed by atoms with Crippen LogP contribution in [0.3, 0.4) is 0 Å². The van der Waals surface area contributed by atoms with E-state index in [9.17, 15) is 0 Å². The zero-order chi connectivity index (χ0) is 11.7. The van der Waals surface area contributed by atoms with Gasteiger partial charge >= 0.3 is 0 Å². The van der Waals surface area contributed by atoms with Crippen LogP contribution in [0.4, 0.5) is 0 Å². The van der Waals surface area contributed by atoms with Crippen LogP contribution in [0.2, 0.25) is 10.0 Å². The number of aryl methyl sites for hydroxylation is 2. The minimum atomic E-state index is 0.537. The lowest BCUT2D eigenvalue weighted by Gasteiger charge is -2.06. The first kappa shape index (κ1) is 11.4. The third-order valence-corrected chi connectivity index (χ3v) is 3.02. The standard InChI is InChI=1S/C12H10Cl2N2/c1-7-6-15-8(2)16-12(7)9-3-4-10(13)11(14)5-9/h3-6H,1-2H3. The Morgan fingerprint density at radius 3 is 2.50 bits per heavy atom. The number of halogens is 2. The summed E-state index contributed by atoms with van der Waals surface area (Å²) in [5.41, 5.74) is 2.87. The maximum atomic E-state index is 5.98. The maximum absolute atomic E-state index is 5.98. The number of hydrogen-bond acceptors (Lipinski definition) is 2. The zero-order valence-electron chi connectivity index (χ0n) is 8.96. The van der Waals surface area contributed by atoms with Crippen molar-refractivity contribution in [1.82, 2.24) is 9.97 Å². The Bertz CT molecular complexity index is 539. The van der Waals surface area contributed by atoms with Crippen molar-refractivity contribution in [2.75, 3.05) is 0 Å². The van der Waals surface area contributed by atoms with Crippen LogP contribution >= 0.6 is 23.2 Å². The van der Waals surface area contributed by atoms with Crippen molar-refractivity contribution < 1.29 is 0 Å². The normalized spacial score (nSPS) is 10.5. The molecule has 1 heterocycles. The Morgan fingerprint density at radius 1 is 1.06 bits per heavy atom. The van der Waals surface area contributed by atoms with Gasteiger partial charge in [-0.05, 0) is 31.5 Å². The molecular weight excluding hydrogens is 243 g/mol. The predicted octanol–water partition coefficient (Wildman–Crippen LogP) is 4.07. The molecule has 0 aliphatic carbocycles. The Morgan fingerprint density at radius 2 is 1.81 bits per heavy atom. The molecule has 0 saturated heterocycles. The van der Waals surface area contributed by atoms with Crippen molar-refractivity contribution in [3.8, 4) is 11.3 Å². The first-order valence-electron chi connectivity index (χ1n) is 4.83. The van der Waals surface area contributed by atoms with Crippen molar-refractivity contribution in [3.05, 3.63) is 45.8 Å². The molecule has 0 spiro atoms. The molecule has 0 aliphatic rings. The highest BCUT2D eigenvalue weighted by Gasteiger charge is 2.07. The number of hydrogen-bond donors (Lipinski definition) is 0. The minimum Gasteiger partial charge on any atom is -0.241 e. The Kier molecular flexibility index (Phi) is 3.13. The summed E-state index contributed by atoms with van der Waals surface area (Å²) in [5.74, 6) is 0.742. The van der Waals surface area contributed by atoms with Crippen LogP contribution in [0.1, 0.15) is 11.4 Å². The molecule has 82 valence electrons. The van der Waals surface area contributed by atoms with Gasteiger partial charge < -0.3 is 0 Å². The van der Waals surface area contributed by atoms with Gasteiger partial charge in [-0.25, -0.2) is 9.97 Å². The van der Waals surface area contributed by atoms with Crippen molar-refractivity contribution >= 4 is 23.2 Å². The first-order valence-corrected chi connectivity index (χ1v) is 5.59. The van der Waals surface area contributed by atoms with E-state index in [0.717, 1.165) is 22.6 Å². The lowest BCUT2D eigenvalue weighted by molar-refractivity contribution is 1.04. The lowest BCUT2D eigenvalue weighted by Crippen LogP contribution is -1.94. The van der Waals surface area contributed by atoms with Gasteiger partial charge in [0.05, 0.1) is 15.7 Å². The molecule has 0 amide bonds. The van der Waals surface area contributed by atoms with E-state index in [1.165, 1.54) is 0 Å². The van der Waals surface area contributed by atoms with Crippen molar-refractivity contribution in [1.29, 1.82) is 0 Å². The average Bonchev–Trinajstić information content (AvgIpc) is 2.26. The molecule has 2 nitrogen and oxygen atoms in total. The summed E-state index contributed by atoms with van der Waals surface area (Å²) in [6.07, 6.45) is 1.81. The van der Waals surface area contributed by atoms with E-state index in [-0.39, 0.29) is 0 Å². The summed E-state index contributed by atoms with van der Waals surface area (Å²) in [6.45, 7) is 3.83. The van der Waals surface area contributed by atoms with Gasteiger partial charge in [0.15, 0.2) is 0 Å². The van der Waals surface area contributed by atoms with Crippen LogP contribution in [0.15, 0.2) is 24.4 Å². The molecule has 0 saturated carbocycles. The highest BCUT2D eigenvalue weighted by atomic mass is 35.5. The molecule has 1 aromatic heterocycles. The second kappa shape index (κ2) is 4.40. The van der Waals surface area contributed by atoms with Gasteiger partial charge in [-0.3, -0.25) is 0 Å². The molecule has 0 radical (unpaired) electrons. The third kappa shape index (κ3) is 2.18. The molecular formula is C12H10Cl2N2. The van der Waals surface area contributed by atoms with E-state index in [4.69, 9.17) is 23.2 Å². The predicted molar refractivity (Wildman–Crippen MR) is 67.0 cm³/mol. The van der Waals surface area contributed by atoms with Gasteiger partial charge in [0, 0.05) is 11.8 Å². The van der Waals surface area contributed by atoms with Crippen LogP contribution < -0.4 is 0 Å². The van der Waals surface area contributed by atoms with Crippen LogP contribution in [-0.2, 0) is 0 Å². The number of rotatable bonds is 1. The van der Waals surface area contributed by atoms with Crippen LogP contribution in [0.25, 0.3) is 11.3 Å². The van der Waals surface area contributed by atoms with Crippen molar-refractivity contribution in [3.63, 3.8) is 0 Å². The second-order valence-electron chi connectivity index (χ2n) is 3.58. The molecule has 0 atom stereocenters. The minimum absolute atomic E-state index is 0.537. The largest absolute Gasteiger partial charge is 0.241 e. The monoisotopic (exact) mass is 252 g/mol. The summed E-state index contributed by atoms with van der Waals surface area (Å²) in [4.78, 5) is 8.54. The summed E-state index contributed by atoms with van der Waals surface area (Å²) in [7, 11) is 0. The molecule has 1 aromatic carbocycles. The molecule has 0 N–H and O–H groups in total. The number of nitrogens with zero attached hydrogens (tertiary/aromatic N) is 2. The Hall–Kier alpha value is -1.12. The molecule has 2 rings (SSSR count). The van der Waals surface area contributed by atoms with Crippen molar-refractivity contribution in [2.24, 2.45) is 0 Å². The molecule has 0 aliphatic heterocycles. The van der Waals surface area contributed by atoms with E-state index in [1.54, 1.807) is 12.3 Å². The van der Waals surface area contributed by atoms with Gasteiger partial charge in [-0.2, -0.15) is 0 Å². The maximum Gasteiger partial charge on any atom is 0.125 e. The highest BCUT2D eigenvalue weighted by molar-refractivity contribution is 6.42. The average molecular weight is 253 g/mol. The van der Waals surface area contributed by atoms with E-state index in [2.05, 4.69) is 9.97 Å². The van der Waals surface area contributed by atoms with Crippen LogP contribution in [-0.4, -0.2) is 9.97 Å². The summed E-state index contributed by atoms with van der Waals surface area (Å²) in [6, 6.07) is 5.50. The van der Waals surface area contributed by atoms with Crippen LogP contribution in [0, 0.1) is 13.8 Å². The highest BCUT2D eigenvalue weighted by Crippen LogP contribution is 2.28. The van der Waals surface area contributed by atoms with E-state index < -0.39 is 0 Å². The fourth-order valence-corrected chi connectivity index (χ4v) is 1.76. The van der Waals surface area contributed by atoms with Gasteiger partial charge in [0.1, 0.15) is 5.82 Å². The van der Waals surface area contributed by atoms with Gasteiger partial charge in [0.25, 0.3) is 0 Å². The second-order valence-corrected chi connectivity index (χ2v) is 4.39. The fraction of sp³-hybridized carbons (Fsp3) is 0.167. The first-order chi connectivity index (χ1) is 7.58. The fourth-order valence-electron chi connectivity index (χ4n) is 1.47. The smallest absolute Gasteiger partial charge is 0.125 e. The lowest BCUT2D eigenvalue weighted by atomic mass is 10.1. The summed E-state index contributed by atoms with van der Waals surface area (Å²) >= 11 is 11.9. The van der Waals surface area contributed by atoms with E-state index >= 15 is 0 Å². The molecule has 0 bridgehead atoms. The Balaban J connectivity index is 2.58. The Labute approximate surface area is 104 Å². The number of aromatic nitrogens is 2. The topological polar surface area (TPSA) is 25.8 Å². The van der Waals surface area contributed by atoms with Gasteiger partial charge in [0.2, 0.25) is 0 Å².